The SMILES string of the molecule is C/C1=C/CCCCCC1.CC1=CCCCC1.CC1=CCCCCC1. The average Bonchev–Trinajstić information content (AvgIpc) is 2.81. The first-order chi connectivity index (χ1) is 11.7. The third kappa shape index (κ3) is 12.6. The minimum atomic E-state index is 1.33. The lowest BCUT2D eigenvalue weighted by atomic mass is 10.0. The van der Waals surface area contributed by atoms with Crippen molar-refractivity contribution >= 4 is 0 Å². The molecular formula is C24H42. The third-order valence-electron chi connectivity index (χ3n) is 5.30. The van der Waals surface area contributed by atoms with Crippen molar-refractivity contribution in [3.8, 4) is 0 Å². The molecule has 0 aromatic rings. The molecule has 0 aliphatic heterocycles. The smallest absolute Gasteiger partial charge is 0.0323 e. The lowest BCUT2D eigenvalue weighted by Crippen LogP contribution is -1.85. The Kier molecular flexibility index (Phi) is 12.9. The number of allylic oxidation sites excluding steroid dienone is 6. The number of hydrogen-bond donors (Lipinski definition) is 0. The van der Waals surface area contributed by atoms with E-state index in [0.717, 1.165) is 0 Å². The zero-order valence-electron chi connectivity index (χ0n) is 16.8. The molecule has 0 heterocycles. The molecule has 0 bridgehead atoms. The van der Waals surface area contributed by atoms with Crippen LogP contribution in [-0.4, -0.2) is 0 Å². The Bertz CT molecular complexity index is 394. The molecule has 0 aromatic heterocycles. The van der Waals surface area contributed by atoms with Crippen molar-refractivity contribution in [3.63, 3.8) is 0 Å². The Labute approximate surface area is 152 Å². The van der Waals surface area contributed by atoms with Crippen LogP contribution >= 0.6 is 0 Å². The molecule has 24 heavy (non-hydrogen) atoms. The Morgan fingerprint density at radius 2 is 0.708 bits per heavy atom. The summed E-state index contributed by atoms with van der Waals surface area (Å²) >= 11 is 0. The molecule has 0 aromatic carbocycles. The summed E-state index contributed by atoms with van der Waals surface area (Å²) in [6.07, 6.45) is 28.0. The summed E-state index contributed by atoms with van der Waals surface area (Å²) in [4.78, 5) is 0. The van der Waals surface area contributed by atoms with E-state index in [4.69, 9.17) is 0 Å². The van der Waals surface area contributed by atoms with Gasteiger partial charge in [-0.25, -0.2) is 0 Å². The van der Waals surface area contributed by atoms with Gasteiger partial charge in [0.1, 0.15) is 0 Å². The maximum absolute atomic E-state index is 2.40. The topological polar surface area (TPSA) is 0 Å². The van der Waals surface area contributed by atoms with Gasteiger partial charge < -0.3 is 0 Å². The molecule has 0 fully saturated rings. The van der Waals surface area contributed by atoms with Crippen LogP contribution in [0.5, 0.6) is 0 Å². The van der Waals surface area contributed by atoms with Gasteiger partial charge in [-0.3, -0.25) is 0 Å². The zero-order chi connectivity index (χ0) is 17.5. The van der Waals surface area contributed by atoms with Crippen LogP contribution in [0, 0.1) is 0 Å². The molecule has 0 N–H and O–H groups in total. The molecule has 0 unspecified atom stereocenters. The molecule has 3 aliphatic rings. The highest BCUT2D eigenvalue weighted by atomic mass is 14.0. The zero-order valence-corrected chi connectivity index (χ0v) is 16.8. The fourth-order valence-electron chi connectivity index (χ4n) is 3.53. The second kappa shape index (κ2) is 14.6. The summed E-state index contributed by atoms with van der Waals surface area (Å²) in [6, 6.07) is 0. The van der Waals surface area contributed by atoms with Crippen LogP contribution in [0.15, 0.2) is 34.9 Å². The van der Waals surface area contributed by atoms with Gasteiger partial charge in [-0.05, 0) is 97.8 Å². The van der Waals surface area contributed by atoms with E-state index >= 15 is 0 Å². The average molecular weight is 331 g/mol. The monoisotopic (exact) mass is 330 g/mol. The van der Waals surface area contributed by atoms with Crippen molar-refractivity contribution < 1.29 is 0 Å². The van der Waals surface area contributed by atoms with Crippen LogP contribution in [0.25, 0.3) is 0 Å². The van der Waals surface area contributed by atoms with Gasteiger partial charge >= 0.3 is 0 Å². The van der Waals surface area contributed by atoms with E-state index in [1.807, 2.05) is 0 Å². The molecule has 0 saturated heterocycles. The Morgan fingerprint density at radius 3 is 1.12 bits per heavy atom. The lowest BCUT2D eigenvalue weighted by Gasteiger charge is -2.05. The predicted octanol–water partition coefficient (Wildman–Crippen LogP) is 8.69. The molecule has 0 radical (unpaired) electrons. The molecule has 0 heteroatoms. The summed E-state index contributed by atoms with van der Waals surface area (Å²) < 4.78 is 0. The molecule has 0 amide bonds. The highest BCUT2D eigenvalue weighted by Gasteiger charge is 1.96. The minimum absolute atomic E-state index is 1.33. The number of hydrogen-bond acceptors (Lipinski definition) is 0. The molecule has 3 aliphatic carbocycles. The van der Waals surface area contributed by atoms with Crippen LogP contribution < -0.4 is 0 Å². The van der Waals surface area contributed by atoms with E-state index in [0.29, 0.717) is 0 Å². The highest BCUT2D eigenvalue weighted by molar-refractivity contribution is 5.00. The van der Waals surface area contributed by atoms with E-state index < -0.39 is 0 Å². The molecule has 0 nitrogen and oxygen atoms in total. The van der Waals surface area contributed by atoms with E-state index in [1.54, 1.807) is 16.7 Å². The summed E-state index contributed by atoms with van der Waals surface area (Å²) in [7, 11) is 0. The standard InChI is InChI=1S/C9H16.C8H14.C7H12/c1-9-7-5-3-2-4-6-8-9;1-8-6-4-2-3-5-7-8;1-7-5-3-2-4-6-7/h7H,2-6,8H2,1H3;6H,2-5,7H2,1H3;5H,2-4,6H2,1H3/b9-7-;;. The summed E-state index contributed by atoms with van der Waals surface area (Å²) in [5.74, 6) is 0. The third-order valence-corrected chi connectivity index (χ3v) is 5.30. The van der Waals surface area contributed by atoms with Crippen molar-refractivity contribution in [2.45, 2.75) is 117 Å². The van der Waals surface area contributed by atoms with Gasteiger partial charge in [0, 0.05) is 0 Å². The van der Waals surface area contributed by atoms with Crippen LogP contribution in [-0.2, 0) is 0 Å². The van der Waals surface area contributed by atoms with E-state index in [9.17, 15) is 0 Å². The van der Waals surface area contributed by atoms with Gasteiger partial charge in [-0.15, -0.1) is 0 Å². The van der Waals surface area contributed by atoms with Gasteiger partial charge in [0.05, 0.1) is 0 Å². The van der Waals surface area contributed by atoms with Crippen molar-refractivity contribution in [1.29, 1.82) is 0 Å². The van der Waals surface area contributed by atoms with Crippen LogP contribution in [0.4, 0.5) is 0 Å². The highest BCUT2D eigenvalue weighted by Crippen LogP contribution is 2.17. The maximum Gasteiger partial charge on any atom is -0.0323 e. The predicted molar refractivity (Wildman–Crippen MR) is 111 cm³/mol. The van der Waals surface area contributed by atoms with Gasteiger partial charge in [-0.2, -0.15) is 0 Å². The van der Waals surface area contributed by atoms with E-state index in [1.165, 1.54) is 96.3 Å². The first-order valence-corrected chi connectivity index (χ1v) is 10.7. The first kappa shape index (κ1) is 21.3. The maximum atomic E-state index is 2.40. The normalized spacial score (nSPS) is 24.0. The van der Waals surface area contributed by atoms with Gasteiger partial charge in [0.2, 0.25) is 0 Å². The molecule has 0 saturated carbocycles. The quantitative estimate of drug-likeness (QED) is 0.390. The van der Waals surface area contributed by atoms with Crippen LogP contribution in [0.3, 0.4) is 0 Å². The van der Waals surface area contributed by atoms with Crippen molar-refractivity contribution in [1.82, 2.24) is 0 Å². The minimum Gasteiger partial charge on any atom is -0.0856 e. The van der Waals surface area contributed by atoms with Crippen LogP contribution in [0.1, 0.15) is 117 Å². The summed E-state index contributed by atoms with van der Waals surface area (Å²) in [5.41, 5.74) is 4.79. The van der Waals surface area contributed by atoms with Gasteiger partial charge in [-0.1, -0.05) is 54.2 Å². The van der Waals surface area contributed by atoms with E-state index in [-0.39, 0.29) is 0 Å². The largest absolute Gasteiger partial charge is 0.0856 e. The fourth-order valence-corrected chi connectivity index (χ4v) is 3.53. The second-order valence-electron chi connectivity index (χ2n) is 7.95. The molecular weight excluding hydrogens is 288 g/mol. The Balaban J connectivity index is 0.000000181. The number of rotatable bonds is 0. The van der Waals surface area contributed by atoms with Crippen molar-refractivity contribution in [2.24, 2.45) is 0 Å². The van der Waals surface area contributed by atoms with Crippen molar-refractivity contribution in [2.75, 3.05) is 0 Å². The van der Waals surface area contributed by atoms with Gasteiger partial charge in [0.25, 0.3) is 0 Å². The Morgan fingerprint density at radius 1 is 0.417 bits per heavy atom. The molecule has 3 rings (SSSR count). The summed E-state index contributed by atoms with van der Waals surface area (Å²) in [5, 5.41) is 0. The van der Waals surface area contributed by atoms with Crippen molar-refractivity contribution in [3.05, 3.63) is 34.9 Å². The van der Waals surface area contributed by atoms with E-state index in [2.05, 4.69) is 39.0 Å². The Hall–Kier alpha value is -0.780. The first-order valence-electron chi connectivity index (χ1n) is 10.7. The fraction of sp³-hybridized carbons (Fsp3) is 0.750. The van der Waals surface area contributed by atoms with Gasteiger partial charge in [0.15, 0.2) is 0 Å². The summed E-state index contributed by atoms with van der Waals surface area (Å²) in [6.45, 7) is 6.72. The molecule has 0 atom stereocenters. The second-order valence-corrected chi connectivity index (χ2v) is 7.95. The lowest BCUT2D eigenvalue weighted by molar-refractivity contribution is 0.625. The molecule has 138 valence electrons. The molecule has 0 spiro atoms. The van der Waals surface area contributed by atoms with Crippen LogP contribution in [0.2, 0.25) is 0 Å².